The molecule has 0 amide bonds. The molecule has 0 bridgehead atoms. The van der Waals surface area contributed by atoms with Crippen LogP contribution in [-0.4, -0.2) is 30.3 Å². The molecule has 64 valence electrons. The molecule has 0 aromatic rings. The number of piperidine rings is 1. The molecule has 1 aliphatic rings. The molecule has 1 saturated heterocycles. The summed E-state index contributed by atoms with van der Waals surface area (Å²) in [6, 6.07) is 0.595. The molecular weight excluding hydrogens is 138 g/mol. The molecule has 1 rings (SSSR count). The molecular formula is C9H17NO. The van der Waals surface area contributed by atoms with Crippen molar-refractivity contribution in [3.05, 3.63) is 0 Å². The van der Waals surface area contributed by atoms with E-state index in [1.54, 1.807) is 0 Å². The highest BCUT2D eigenvalue weighted by Crippen LogP contribution is 2.15. The summed E-state index contributed by atoms with van der Waals surface area (Å²) in [5.41, 5.74) is 0. The standard InChI is InChI=1S/C9H17NO/c1-8(2)10-5-3-4-9(6-10)7-11/h7-9H,3-6H2,1-2H3. The van der Waals surface area contributed by atoms with E-state index in [-0.39, 0.29) is 0 Å². The molecule has 1 aliphatic heterocycles. The van der Waals surface area contributed by atoms with Crippen LogP contribution < -0.4 is 0 Å². The number of rotatable bonds is 2. The molecule has 11 heavy (non-hydrogen) atoms. The summed E-state index contributed by atoms with van der Waals surface area (Å²) in [5.74, 6) is 0.297. The van der Waals surface area contributed by atoms with Crippen molar-refractivity contribution in [2.45, 2.75) is 32.7 Å². The lowest BCUT2D eigenvalue weighted by Crippen LogP contribution is -2.40. The fourth-order valence-electron chi connectivity index (χ4n) is 1.62. The topological polar surface area (TPSA) is 20.3 Å². The Bertz CT molecular complexity index is 134. The first-order valence-corrected chi connectivity index (χ1v) is 4.43. The third kappa shape index (κ3) is 2.29. The first-order valence-electron chi connectivity index (χ1n) is 4.43. The van der Waals surface area contributed by atoms with Crippen LogP contribution in [0.2, 0.25) is 0 Å². The minimum absolute atomic E-state index is 0.297. The summed E-state index contributed by atoms with van der Waals surface area (Å²) in [6.07, 6.45) is 3.38. The average molecular weight is 155 g/mol. The molecule has 0 aliphatic carbocycles. The SMILES string of the molecule is CC(C)N1CCCC(C=O)C1. The maximum absolute atomic E-state index is 10.5. The van der Waals surface area contributed by atoms with Crippen LogP contribution in [0.15, 0.2) is 0 Å². The number of carbonyl (C=O) groups is 1. The Balaban J connectivity index is 2.39. The van der Waals surface area contributed by atoms with Gasteiger partial charge in [-0.25, -0.2) is 0 Å². The molecule has 1 fully saturated rings. The molecule has 1 heterocycles. The van der Waals surface area contributed by atoms with E-state index in [4.69, 9.17) is 0 Å². The van der Waals surface area contributed by atoms with E-state index in [0.29, 0.717) is 12.0 Å². The predicted molar refractivity (Wildman–Crippen MR) is 45.5 cm³/mol. The monoisotopic (exact) mass is 155 g/mol. The number of likely N-dealkylation sites (tertiary alicyclic amines) is 1. The van der Waals surface area contributed by atoms with Crippen molar-refractivity contribution < 1.29 is 4.79 Å². The van der Waals surface area contributed by atoms with Crippen LogP contribution in [0.4, 0.5) is 0 Å². The van der Waals surface area contributed by atoms with Crippen LogP contribution >= 0.6 is 0 Å². The lowest BCUT2D eigenvalue weighted by Gasteiger charge is -2.33. The fourth-order valence-corrected chi connectivity index (χ4v) is 1.62. The third-order valence-electron chi connectivity index (χ3n) is 2.41. The second-order valence-corrected chi connectivity index (χ2v) is 3.63. The molecule has 1 atom stereocenters. The smallest absolute Gasteiger partial charge is 0.124 e. The van der Waals surface area contributed by atoms with Crippen molar-refractivity contribution in [3.8, 4) is 0 Å². The lowest BCUT2D eigenvalue weighted by atomic mass is 9.99. The van der Waals surface area contributed by atoms with Gasteiger partial charge in [0.15, 0.2) is 0 Å². The molecule has 0 radical (unpaired) electrons. The summed E-state index contributed by atoms with van der Waals surface area (Å²) < 4.78 is 0. The Morgan fingerprint density at radius 2 is 2.27 bits per heavy atom. The van der Waals surface area contributed by atoms with Gasteiger partial charge in [-0.2, -0.15) is 0 Å². The summed E-state index contributed by atoms with van der Waals surface area (Å²) >= 11 is 0. The zero-order valence-electron chi connectivity index (χ0n) is 7.42. The number of hydrogen-bond donors (Lipinski definition) is 0. The number of aldehydes is 1. The van der Waals surface area contributed by atoms with Crippen LogP contribution in [-0.2, 0) is 4.79 Å². The molecule has 0 spiro atoms. The van der Waals surface area contributed by atoms with Gasteiger partial charge in [-0.05, 0) is 33.2 Å². The predicted octanol–water partition coefficient (Wildman–Crippen LogP) is 1.31. The highest BCUT2D eigenvalue weighted by Gasteiger charge is 2.20. The maximum Gasteiger partial charge on any atom is 0.124 e. The van der Waals surface area contributed by atoms with E-state index >= 15 is 0 Å². The molecule has 2 heteroatoms. The molecule has 2 nitrogen and oxygen atoms in total. The highest BCUT2D eigenvalue weighted by atomic mass is 16.1. The molecule has 0 N–H and O–H groups in total. The van der Waals surface area contributed by atoms with E-state index in [9.17, 15) is 4.79 Å². The largest absolute Gasteiger partial charge is 0.303 e. The van der Waals surface area contributed by atoms with Crippen molar-refractivity contribution in [2.75, 3.05) is 13.1 Å². The summed E-state index contributed by atoms with van der Waals surface area (Å²) in [4.78, 5) is 12.9. The third-order valence-corrected chi connectivity index (χ3v) is 2.41. The number of nitrogens with zero attached hydrogens (tertiary/aromatic N) is 1. The first kappa shape index (κ1) is 8.72. The van der Waals surface area contributed by atoms with Gasteiger partial charge in [0.2, 0.25) is 0 Å². The van der Waals surface area contributed by atoms with E-state index in [1.807, 2.05) is 0 Å². The van der Waals surface area contributed by atoms with Crippen LogP contribution in [0.5, 0.6) is 0 Å². The Hall–Kier alpha value is -0.370. The van der Waals surface area contributed by atoms with E-state index in [1.165, 1.54) is 13.0 Å². The Kier molecular flexibility index (Phi) is 3.06. The van der Waals surface area contributed by atoms with Crippen molar-refractivity contribution >= 4 is 6.29 Å². The molecule has 0 saturated carbocycles. The van der Waals surface area contributed by atoms with Crippen molar-refractivity contribution in [1.82, 2.24) is 4.90 Å². The number of hydrogen-bond acceptors (Lipinski definition) is 2. The quantitative estimate of drug-likeness (QED) is 0.560. The van der Waals surface area contributed by atoms with Gasteiger partial charge < -0.3 is 9.69 Å². The van der Waals surface area contributed by atoms with Gasteiger partial charge in [0, 0.05) is 18.5 Å². The van der Waals surface area contributed by atoms with Crippen molar-refractivity contribution in [2.24, 2.45) is 5.92 Å². The molecule has 1 unspecified atom stereocenters. The van der Waals surface area contributed by atoms with E-state index in [2.05, 4.69) is 18.7 Å². The van der Waals surface area contributed by atoms with E-state index < -0.39 is 0 Å². The number of carbonyl (C=O) groups excluding carboxylic acids is 1. The van der Waals surface area contributed by atoms with Crippen LogP contribution in [0, 0.1) is 5.92 Å². The minimum atomic E-state index is 0.297. The van der Waals surface area contributed by atoms with Gasteiger partial charge in [-0.15, -0.1) is 0 Å². The second kappa shape index (κ2) is 3.86. The van der Waals surface area contributed by atoms with Crippen LogP contribution in [0.3, 0.4) is 0 Å². The van der Waals surface area contributed by atoms with Gasteiger partial charge >= 0.3 is 0 Å². The van der Waals surface area contributed by atoms with Crippen LogP contribution in [0.1, 0.15) is 26.7 Å². The fraction of sp³-hybridized carbons (Fsp3) is 0.889. The zero-order chi connectivity index (χ0) is 8.27. The van der Waals surface area contributed by atoms with Crippen LogP contribution in [0.25, 0.3) is 0 Å². The van der Waals surface area contributed by atoms with Gasteiger partial charge in [-0.3, -0.25) is 0 Å². The summed E-state index contributed by atoms with van der Waals surface area (Å²) in [7, 11) is 0. The van der Waals surface area contributed by atoms with Gasteiger partial charge in [0.1, 0.15) is 6.29 Å². The minimum Gasteiger partial charge on any atom is -0.303 e. The molecule has 0 aromatic carbocycles. The summed E-state index contributed by atoms with van der Waals surface area (Å²) in [5, 5.41) is 0. The first-order chi connectivity index (χ1) is 5.24. The lowest BCUT2D eigenvalue weighted by molar-refractivity contribution is -0.112. The van der Waals surface area contributed by atoms with Gasteiger partial charge in [0.05, 0.1) is 0 Å². The Morgan fingerprint density at radius 3 is 2.82 bits per heavy atom. The normalized spacial score (nSPS) is 27.4. The Morgan fingerprint density at radius 1 is 1.55 bits per heavy atom. The van der Waals surface area contributed by atoms with Crippen molar-refractivity contribution in [1.29, 1.82) is 0 Å². The van der Waals surface area contributed by atoms with Gasteiger partial charge in [-0.1, -0.05) is 0 Å². The maximum atomic E-state index is 10.5. The zero-order valence-corrected chi connectivity index (χ0v) is 7.42. The Labute approximate surface area is 68.6 Å². The van der Waals surface area contributed by atoms with Crippen molar-refractivity contribution in [3.63, 3.8) is 0 Å². The second-order valence-electron chi connectivity index (χ2n) is 3.63. The molecule has 0 aromatic heterocycles. The summed E-state index contributed by atoms with van der Waals surface area (Å²) in [6.45, 7) is 6.52. The van der Waals surface area contributed by atoms with Gasteiger partial charge in [0.25, 0.3) is 0 Å². The van der Waals surface area contributed by atoms with E-state index in [0.717, 1.165) is 19.3 Å². The highest BCUT2D eigenvalue weighted by molar-refractivity contribution is 5.53. The average Bonchev–Trinajstić information content (AvgIpc) is 2.05.